The normalized spacial score (nSPS) is 10.5. The molecule has 0 bridgehead atoms. The lowest BCUT2D eigenvalue weighted by atomic mass is 10.1. The fourth-order valence-electron chi connectivity index (χ4n) is 2.06. The van der Waals surface area contributed by atoms with Crippen LogP contribution in [0.25, 0.3) is 22.8 Å². The first kappa shape index (κ1) is 15.0. The number of rotatable bonds is 4. The average Bonchev–Trinajstić information content (AvgIpc) is 3.04. The zero-order valence-corrected chi connectivity index (χ0v) is 12.6. The maximum absolute atomic E-state index is 10.8. The molecule has 0 aliphatic heterocycles. The fraction of sp³-hybridized carbons (Fsp3) is 0.0667. The number of nitro groups is 1. The molecule has 3 aromatic rings. The van der Waals surface area contributed by atoms with E-state index in [0.717, 1.165) is 0 Å². The highest BCUT2D eigenvalue weighted by Gasteiger charge is 2.18. The van der Waals surface area contributed by atoms with E-state index in [2.05, 4.69) is 10.1 Å². The third-order valence-electron chi connectivity index (χ3n) is 3.17. The molecule has 116 valence electrons. The number of methoxy groups -OCH3 is 1. The average molecular weight is 332 g/mol. The van der Waals surface area contributed by atoms with Gasteiger partial charge < -0.3 is 9.26 Å². The summed E-state index contributed by atoms with van der Waals surface area (Å²) in [4.78, 5) is 14.6. The van der Waals surface area contributed by atoms with Crippen LogP contribution in [0.3, 0.4) is 0 Å². The van der Waals surface area contributed by atoms with E-state index < -0.39 is 4.92 Å². The van der Waals surface area contributed by atoms with E-state index in [1.807, 2.05) is 0 Å². The minimum atomic E-state index is -0.502. The van der Waals surface area contributed by atoms with Crippen molar-refractivity contribution in [1.82, 2.24) is 10.1 Å². The Kier molecular flexibility index (Phi) is 3.94. The summed E-state index contributed by atoms with van der Waals surface area (Å²) in [6, 6.07) is 11.2. The third kappa shape index (κ3) is 2.86. The zero-order valence-electron chi connectivity index (χ0n) is 11.9. The van der Waals surface area contributed by atoms with Crippen molar-refractivity contribution in [2.45, 2.75) is 0 Å². The van der Waals surface area contributed by atoms with Crippen LogP contribution in [0.2, 0.25) is 5.02 Å². The summed E-state index contributed by atoms with van der Waals surface area (Å²) in [6.45, 7) is 0. The molecule has 0 atom stereocenters. The summed E-state index contributed by atoms with van der Waals surface area (Å²) in [5, 5.41) is 15.2. The predicted octanol–water partition coefficient (Wildman–Crippen LogP) is 3.97. The summed E-state index contributed by atoms with van der Waals surface area (Å²) in [5.74, 6) is 0.795. The fourth-order valence-corrected chi connectivity index (χ4v) is 2.27. The van der Waals surface area contributed by atoms with Crippen LogP contribution < -0.4 is 4.74 Å². The molecule has 0 aliphatic carbocycles. The number of halogens is 1. The van der Waals surface area contributed by atoms with Gasteiger partial charge in [-0.1, -0.05) is 28.9 Å². The Bertz CT molecular complexity index is 879. The van der Waals surface area contributed by atoms with Gasteiger partial charge >= 0.3 is 0 Å². The number of nitro benzene ring substituents is 1. The summed E-state index contributed by atoms with van der Waals surface area (Å²) < 4.78 is 10.4. The van der Waals surface area contributed by atoms with Gasteiger partial charge in [0.1, 0.15) is 5.75 Å². The number of ether oxygens (including phenoxy) is 1. The van der Waals surface area contributed by atoms with Gasteiger partial charge in [-0.2, -0.15) is 4.98 Å². The van der Waals surface area contributed by atoms with Crippen molar-refractivity contribution in [2.75, 3.05) is 7.11 Å². The van der Waals surface area contributed by atoms with Crippen LogP contribution in [0.1, 0.15) is 0 Å². The molecule has 23 heavy (non-hydrogen) atoms. The number of non-ortho nitro benzene ring substituents is 1. The van der Waals surface area contributed by atoms with Crippen LogP contribution in [0.15, 0.2) is 47.0 Å². The van der Waals surface area contributed by atoms with Gasteiger partial charge in [0.15, 0.2) is 0 Å². The topological polar surface area (TPSA) is 91.3 Å². The van der Waals surface area contributed by atoms with Crippen LogP contribution in [0.4, 0.5) is 5.69 Å². The van der Waals surface area contributed by atoms with Crippen molar-refractivity contribution in [3.63, 3.8) is 0 Å². The van der Waals surface area contributed by atoms with Gasteiger partial charge in [-0.3, -0.25) is 10.1 Å². The van der Waals surface area contributed by atoms with Crippen molar-refractivity contribution in [3.05, 3.63) is 57.6 Å². The number of nitrogens with zero attached hydrogens (tertiary/aromatic N) is 3. The maximum atomic E-state index is 10.8. The van der Waals surface area contributed by atoms with E-state index >= 15 is 0 Å². The van der Waals surface area contributed by atoms with Gasteiger partial charge in [0.05, 0.1) is 34.2 Å². The van der Waals surface area contributed by atoms with Crippen LogP contribution >= 0.6 is 11.6 Å². The molecule has 0 aliphatic rings. The zero-order chi connectivity index (χ0) is 16.4. The van der Waals surface area contributed by atoms with Gasteiger partial charge in [0.25, 0.3) is 11.6 Å². The van der Waals surface area contributed by atoms with Crippen LogP contribution in [0.5, 0.6) is 5.75 Å². The highest BCUT2D eigenvalue weighted by Crippen LogP contribution is 2.33. The Labute approximate surface area is 135 Å². The Morgan fingerprint density at radius 2 is 2.00 bits per heavy atom. The van der Waals surface area contributed by atoms with E-state index in [1.165, 1.54) is 25.3 Å². The van der Waals surface area contributed by atoms with Crippen molar-refractivity contribution < 1.29 is 14.2 Å². The quantitative estimate of drug-likeness (QED) is 0.530. The Hall–Kier alpha value is -2.93. The first-order chi connectivity index (χ1) is 11.1. The van der Waals surface area contributed by atoms with Crippen LogP contribution in [-0.2, 0) is 0 Å². The van der Waals surface area contributed by atoms with E-state index in [0.29, 0.717) is 16.1 Å². The van der Waals surface area contributed by atoms with Crippen LogP contribution in [-0.4, -0.2) is 22.2 Å². The molecule has 3 rings (SSSR count). The second-order valence-electron chi connectivity index (χ2n) is 4.54. The molecular formula is C15H10ClN3O4. The smallest absolute Gasteiger partial charge is 0.273 e. The lowest BCUT2D eigenvalue weighted by Crippen LogP contribution is -1.93. The molecule has 0 saturated heterocycles. The highest BCUT2D eigenvalue weighted by atomic mass is 35.5. The Morgan fingerprint density at radius 3 is 2.70 bits per heavy atom. The number of benzene rings is 2. The summed E-state index contributed by atoms with van der Waals surface area (Å²) in [6.07, 6.45) is 0. The molecule has 0 fully saturated rings. The van der Waals surface area contributed by atoms with Gasteiger partial charge in [-0.15, -0.1) is 0 Å². The standard InChI is InChI=1S/C15H10ClN3O4/c1-22-13-8-9(19(20)21)6-7-11(13)14-17-15(23-18-14)10-4-2-3-5-12(10)16/h2-8H,1H3. The lowest BCUT2D eigenvalue weighted by molar-refractivity contribution is -0.384. The molecule has 1 aromatic heterocycles. The molecule has 0 saturated carbocycles. The largest absolute Gasteiger partial charge is 0.496 e. The van der Waals surface area contributed by atoms with Gasteiger partial charge in [0.2, 0.25) is 5.82 Å². The van der Waals surface area contributed by atoms with E-state index in [-0.39, 0.29) is 23.2 Å². The van der Waals surface area contributed by atoms with Crippen LogP contribution in [0, 0.1) is 10.1 Å². The van der Waals surface area contributed by atoms with Crippen molar-refractivity contribution in [2.24, 2.45) is 0 Å². The Balaban J connectivity index is 2.04. The lowest BCUT2D eigenvalue weighted by Gasteiger charge is -2.04. The molecule has 2 aromatic carbocycles. The van der Waals surface area contributed by atoms with Gasteiger partial charge in [0, 0.05) is 6.07 Å². The van der Waals surface area contributed by atoms with Crippen molar-refractivity contribution in [3.8, 4) is 28.6 Å². The molecule has 0 radical (unpaired) electrons. The van der Waals surface area contributed by atoms with E-state index in [1.54, 1.807) is 24.3 Å². The summed E-state index contributed by atoms with van der Waals surface area (Å²) in [7, 11) is 1.41. The van der Waals surface area contributed by atoms with Gasteiger partial charge in [-0.25, -0.2) is 0 Å². The second kappa shape index (κ2) is 6.05. The predicted molar refractivity (Wildman–Crippen MR) is 83.4 cm³/mol. The van der Waals surface area contributed by atoms with E-state index in [9.17, 15) is 10.1 Å². The molecule has 0 unspecified atom stereocenters. The molecule has 0 amide bonds. The molecule has 7 nitrogen and oxygen atoms in total. The second-order valence-corrected chi connectivity index (χ2v) is 4.95. The first-order valence-corrected chi connectivity index (χ1v) is 6.89. The first-order valence-electron chi connectivity index (χ1n) is 6.51. The third-order valence-corrected chi connectivity index (χ3v) is 3.50. The molecule has 0 N–H and O–H groups in total. The highest BCUT2D eigenvalue weighted by molar-refractivity contribution is 6.33. The Morgan fingerprint density at radius 1 is 1.22 bits per heavy atom. The molecule has 0 spiro atoms. The van der Waals surface area contributed by atoms with Crippen molar-refractivity contribution >= 4 is 17.3 Å². The minimum Gasteiger partial charge on any atom is -0.496 e. The van der Waals surface area contributed by atoms with Gasteiger partial charge in [-0.05, 0) is 18.2 Å². The van der Waals surface area contributed by atoms with Crippen molar-refractivity contribution in [1.29, 1.82) is 0 Å². The monoisotopic (exact) mass is 331 g/mol. The minimum absolute atomic E-state index is 0.0829. The summed E-state index contributed by atoms with van der Waals surface area (Å²) >= 11 is 6.10. The maximum Gasteiger partial charge on any atom is 0.273 e. The molecule has 8 heteroatoms. The number of hydrogen-bond acceptors (Lipinski definition) is 6. The van der Waals surface area contributed by atoms with E-state index in [4.69, 9.17) is 20.9 Å². The number of aromatic nitrogens is 2. The molecular weight excluding hydrogens is 322 g/mol. The SMILES string of the molecule is COc1cc([N+](=O)[O-])ccc1-c1noc(-c2ccccc2Cl)n1. The number of hydrogen-bond donors (Lipinski definition) is 0. The molecule has 1 heterocycles. The summed E-state index contributed by atoms with van der Waals surface area (Å²) in [5.41, 5.74) is 1.01.